The summed E-state index contributed by atoms with van der Waals surface area (Å²) >= 11 is 0. The number of hydrogen-bond acceptors (Lipinski definition) is 3. The average molecular weight is 238 g/mol. The van der Waals surface area contributed by atoms with Gasteiger partial charge in [-0.2, -0.15) is 0 Å². The zero-order valence-corrected chi connectivity index (χ0v) is 10.00. The Morgan fingerprint density at radius 2 is 1.59 bits per heavy atom. The van der Waals surface area contributed by atoms with Crippen molar-refractivity contribution < 1.29 is 20.1 Å². The van der Waals surface area contributed by atoms with E-state index in [4.69, 9.17) is 5.11 Å². The van der Waals surface area contributed by atoms with Crippen LogP contribution >= 0.6 is 0 Å². The Kier molecular flexibility index (Phi) is 4.66. The van der Waals surface area contributed by atoms with Crippen molar-refractivity contribution in [1.82, 2.24) is 0 Å². The number of benzene rings is 1. The van der Waals surface area contributed by atoms with E-state index in [1.165, 1.54) is 0 Å². The Hall–Kier alpha value is -1.39. The minimum atomic E-state index is -1.28. The summed E-state index contributed by atoms with van der Waals surface area (Å²) in [6, 6.07) is 7.17. The number of carboxylic acids is 1. The molecule has 0 aliphatic rings. The first-order chi connectivity index (χ1) is 7.91. The molecule has 0 saturated heterocycles. The summed E-state index contributed by atoms with van der Waals surface area (Å²) in [4.78, 5) is 10.4. The summed E-state index contributed by atoms with van der Waals surface area (Å²) in [7, 11) is 0. The van der Waals surface area contributed by atoms with E-state index in [0.717, 1.165) is 5.56 Å². The minimum Gasteiger partial charge on any atom is -0.481 e. The third-order valence-electron chi connectivity index (χ3n) is 2.69. The first-order valence-corrected chi connectivity index (χ1v) is 5.59. The van der Waals surface area contributed by atoms with Crippen molar-refractivity contribution in [2.75, 3.05) is 0 Å². The fourth-order valence-corrected chi connectivity index (χ4v) is 1.59. The van der Waals surface area contributed by atoms with E-state index in [2.05, 4.69) is 13.8 Å². The van der Waals surface area contributed by atoms with Crippen molar-refractivity contribution >= 4 is 5.97 Å². The highest BCUT2D eigenvalue weighted by Gasteiger charge is 2.20. The van der Waals surface area contributed by atoms with E-state index in [0.29, 0.717) is 11.5 Å². The third kappa shape index (κ3) is 3.84. The topological polar surface area (TPSA) is 77.8 Å². The lowest BCUT2D eigenvalue weighted by atomic mass is 9.97. The maximum absolute atomic E-state index is 10.4. The summed E-state index contributed by atoms with van der Waals surface area (Å²) in [6.07, 6.45) is -2.91. The Labute approximate surface area is 101 Å². The normalized spacial score (nSPS) is 14.6. The van der Waals surface area contributed by atoms with E-state index >= 15 is 0 Å². The summed E-state index contributed by atoms with van der Waals surface area (Å²) in [5.41, 5.74) is 1.66. The van der Waals surface area contributed by atoms with Crippen LogP contribution in [0.25, 0.3) is 0 Å². The molecule has 3 N–H and O–H groups in total. The van der Waals surface area contributed by atoms with Gasteiger partial charge in [-0.15, -0.1) is 0 Å². The van der Waals surface area contributed by atoms with Gasteiger partial charge in [-0.3, -0.25) is 4.79 Å². The van der Waals surface area contributed by atoms with Gasteiger partial charge in [0.05, 0.1) is 12.5 Å². The second-order valence-corrected chi connectivity index (χ2v) is 4.43. The lowest BCUT2D eigenvalue weighted by Crippen LogP contribution is -2.21. The maximum Gasteiger partial charge on any atom is 0.306 e. The molecule has 2 atom stereocenters. The zero-order valence-electron chi connectivity index (χ0n) is 10.00. The molecule has 0 amide bonds. The summed E-state index contributed by atoms with van der Waals surface area (Å²) in [6.45, 7) is 4.12. The Morgan fingerprint density at radius 3 is 2.00 bits per heavy atom. The van der Waals surface area contributed by atoms with Gasteiger partial charge in [-0.05, 0) is 17.0 Å². The first kappa shape index (κ1) is 13.7. The molecule has 0 fully saturated rings. The zero-order chi connectivity index (χ0) is 13.0. The van der Waals surface area contributed by atoms with Gasteiger partial charge < -0.3 is 15.3 Å². The molecule has 4 heteroatoms. The third-order valence-corrected chi connectivity index (χ3v) is 2.69. The molecule has 0 spiro atoms. The molecule has 1 rings (SSSR count). The molecule has 0 bridgehead atoms. The van der Waals surface area contributed by atoms with Crippen LogP contribution in [0.15, 0.2) is 24.3 Å². The number of aliphatic hydroxyl groups is 2. The fourth-order valence-electron chi connectivity index (χ4n) is 1.59. The molecule has 17 heavy (non-hydrogen) atoms. The molecule has 1 aromatic carbocycles. The van der Waals surface area contributed by atoms with Crippen LogP contribution in [0.3, 0.4) is 0 Å². The Bertz CT molecular complexity index is 370. The summed E-state index contributed by atoms with van der Waals surface area (Å²) in [5.74, 6) is -0.736. The van der Waals surface area contributed by atoms with Gasteiger partial charge in [0.2, 0.25) is 0 Å². The highest BCUT2D eigenvalue weighted by Crippen LogP contribution is 2.22. The smallest absolute Gasteiger partial charge is 0.306 e. The lowest BCUT2D eigenvalue weighted by Gasteiger charge is -2.17. The average Bonchev–Trinajstić information content (AvgIpc) is 2.27. The molecule has 2 unspecified atom stereocenters. The second-order valence-electron chi connectivity index (χ2n) is 4.43. The molecule has 0 aromatic heterocycles. The molecule has 0 radical (unpaired) electrons. The van der Waals surface area contributed by atoms with Crippen molar-refractivity contribution in [3.8, 4) is 0 Å². The van der Waals surface area contributed by atoms with E-state index < -0.39 is 24.6 Å². The highest BCUT2D eigenvalue weighted by molar-refractivity contribution is 5.67. The number of aliphatic carboxylic acids is 1. The van der Waals surface area contributed by atoms with Crippen LogP contribution in [0.4, 0.5) is 0 Å². The van der Waals surface area contributed by atoms with Crippen LogP contribution < -0.4 is 0 Å². The summed E-state index contributed by atoms with van der Waals surface area (Å²) in [5, 5.41) is 27.8. The van der Waals surface area contributed by atoms with Gasteiger partial charge in [-0.1, -0.05) is 38.1 Å². The molecule has 0 aliphatic carbocycles. The van der Waals surface area contributed by atoms with Crippen LogP contribution in [0.5, 0.6) is 0 Å². The highest BCUT2D eigenvalue weighted by atomic mass is 16.4. The monoisotopic (exact) mass is 238 g/mol. The van der Waals surface area contributed by atoms with Crippen molar-refractivity contribution in [2.24, 2.45) is 0 Å². The van der Waals surface area contributed by atoms with E-state index in [9.17, 15) is 15.0 Å². The van der Waals surface area contributed by atoms with E-state index in [-0.39, 0.29) is 0 Å². The van der Waals surface area contributed by atoms with Crippen LogP contribution in [0.2, 0.25) is 0 Å². The molecule has 4 nitrogen and oxygen atoms in total. The number of rotatable bonds is 5. The van der Waals surface area contributed by atoms with Gasteiger partial charge in [0, 0.05) is 0 Å². The minimum absolute atomic E-state index is 0.394. The van der Waals surface area contributed by atoms with Gasteiger partial charge >= 0.3 is 5.97 Å². The van der Waals surface area contributed by atoms with Crippen molar-refractivity contribution in [1.29, 1.82) is 0 Å². The Morgan fingerprint density at radius 1 is 1.12 bits per heavy atom. The number of aliphatic hydroxyl groups excluding tert-OH is 2. The quantitative estimate of drug-likeness (QED) is 0.729. The lowest BCUT2D eigenvalue weighted by molar-refractivity contribution is -0.141. The van der Waals surface area contributed by atoms with Gasteiger partial charge in [-0.25, -0.2) is 0 Å². The second kappa shape index (κ2) is 5.80. The number of carbonyl (C=O) groups is 1. The van der Waals surface area contributed by atoms with Gasteiger partial charge in [0.25, 0.3) is 0 Å². The van der Waals surface area contributed by atoms with Crippen molar-refractivity contribution in [3.05, 3.63) is 35.4 Å². The van der Waals surface area contributed by atoms with E-state index in [1.807, 2.05) is 12.1 Å². The standard InChI is InChI=1S/C13H18O4/c1-8(2)9-3-5-10(6-4-9)13(17)11(14)7-12(15)16/h3-6,8,11,13-14,17H,7H2,1-2H3,(H,15,16). The van der Waals surface area contributed by atoms with Crippen LogP contribution in [0.1, 0.15) is 43.4 Å². The molecule has 1 aromatic rings. The number of carboxylic acid groups (broad SMARTS) is 1. The van der Waals surface area contributed by atoms with E-state index in [1.54, 1.807) is 12.1 Å². The predicted molar refractivity (Wildman–Crippen MR) is 63.8 cm³/mol. The summed E-state index contributed by atoms with van der Waals surface area (Å²) < 4.78 is 0. The largest absolute Gasteiger partial charge is 0.481 e. The van der Waals surface area contributed by atoms with Crippen molar-refractivity contribution in [3.63, 3.8) is 0 Å². The molecular formula is C13H18O4. The molecule has 0 heterocycles. The molecular weight excluding hydrogens is 220 g/mol. The fraction of sp³-hybridized carbons (Fsp3) is 0.462. The molecule has 0 aliphatic heterocycles. The van der Waals surface area contributed by atoms with Crippen molar-refractivity contribution in [2.45, 2.75) is 38.4 Å². The van der Waals surface area contributed by atoms with Crippen LogP contribution in [-0.4, -0.2) is 27.4 Å². The van der Waals surface area contributed by atoms with Gasteiger partial charge in [0.1, 0.15) is 6.10 Å². The number of hydrogen-bond donors (Lipinski definition) is 3. The van der Waals surface area contributed by atoms with Gasteiger partial charge in [0.15, 0.2) is 0 Å². The Balaban J connectivity index is 2.75. The molecule has 94 valence electrons. The molecule has 0 saturated carbocycles. The van der Waals surface area contributed by atoms with Crippen LogP contribution in [0, 0.1) is 0 Å². The maximum atomic E-state index is 10.4. The SMILES string of the molecule is CC(C)c1ccc(C(O)C(O)CC(=O)O)cc1. The first-order valence-electron chi connectivity index (χ1n) is 5.59. The van der Waals surface area contributed by atoms with Crippen LogP contribution in [-0.2, 0) is 4.79 Å². The predicted octanol–water partition coefficient (Wildman–Crippen LogP) is 1.68.